The van der Waals surface area contributed by atoms with Gasteiger partial charge in [0.25, 0.3) is 5.91 Å². The van der Waals surface area contributed by atoms with Crippen LogP contribution in [0.3, 0.4) is 0 Å². The van der Waals surface area contributed by atoms with Gasteiger partial charge in [0.1, 0.15) is 11.6 Å². The first-order chi connectivity index (χ1) is 17.9. The predicted octanol–water partition coefficient (Wildman–Crippen LogP) is 3.50. The summed E-state index contributed by atoms with van der Waals surface area (Å²) in [6, 6.07) is 16.2. The second-order valence-corrected chi connectivity index (χ2v) is 11.3. The number of benzene rings is 2. The molecule has 2 aromatic carbocycles. The summed E-state index contributed by atoms with van der Waals surface area (Å²) >= 11 is 0. The minimum absolute atomic E-state index is 0.149. The molecule has 1 amide bonds. The summed E-state index contributed by atoms with van der Waals surface area (Å²) in [5.74, 6) is 0.244. The molecule has 0 radical (unpaired) electrons. The largest absolute Gasteiger partial charge is 0.468 e. The molecule has 10 heteroatoms. The number of nitrogens with one attached hydrogen (secondary N) is 1. The van der Waals surface area contributed by atoms with Crippen LogP contribution >= 0.6 is 0 Å². The van der Waals surface area contributed by atoms with Crippen molar-refractivity contribution in [3.63, 3.8) is 0 Å². The van der Waals surface area contributed by atoms with Crippen LogP contribution in [0, 0.1) is 5.82 Å². The Morgan fingerprint density at radius 2 is 1.59 bits per heavy atom. The monoisotopic (exact) mass is 526 g/mol. The predicted molar refractivity (Wildman–Crippen MR) is 138 cm³/mol. The van der Waals surface area contributed by atoms with Gasteiger partial charge >= 0.3 is 0 Å². The normalized spacial score (nSPS) is 18.1. The number of piperazine rings is 1. The van der Waals surface area contributed by atoms with Crippen molar-refractivity contribution in [3.05, 3.63) is 84.1 Å². The summed E-state index contributed by atoms with van der Waals surface area (Å²) < 4.78 is 46.0. The van der Waals surface area contributed by atoms with E-state index in [1.54, 1.807) is 30.5 Å². The Bertz CT molecular complexity index is 1280. The van der Waals surface area contributed by atoms with Gasteiger partial charge in [-0.05, 0) is 73.5 Å². The highest BCUT2D eigenvalue weighted by Crippen LogP contribution is 2.25. The number of amides is 1. The van der Waals surface area contributed by atoms with E-state index in [4.69, 9.17) is 4.42 Å². The second kappa shape index (κ2) is 11.0. The van der Waals surface area contributed by atoms with Crippen LogP contribution in [-0.4, -0.2) is 69.3 Å². The molecule has 8 nitrogen and oxygen atoms in total. The number of carbonyl (C=O) groups excluding carboxylic acids is 1. The van der Waals surface area contributed by atoms with Crippen molar-refractivity contribution in [3.8, 4) is 0 Å². The van der Waals surface area contributed by atoms with Crippen LogP contribution in [0.25, 0.3) is 0 Å². The van der Waals surface area contributed by atoms with Crippen LogP contribution < -0.4 is 10.2 Å². The maximum absolute atomic E-state index is 13.3. The Hall–Kier alpha value is -3.21. The minimum atomic E-state index is -3.52. The zero-order valence-electron chi connectivity index (χ0n) is 20.6. The second-order valence-electron chi connectivity index (χ2n) is 9.38. The van der Waals surface area contributed by atoms with Crippen LogP contribution in [0.5, 0.6) is 0 Å². The maximum Gasteiger partial charge on any atom is 0.251 e. The fraction of sp³-hybridized carbons (Fsp3) is 0.370. The molecule has 3 aromatic rings. The van der Waals surface area contributed by atoms with Crippen LogP contribution in [0.1, 0.15) is 35.0 Å². The van der Waals surface area contributed by atoms with Crippen molar-refractivity contribution in [1.29, 1.82) is 0 Å². The van der Waals surface area contributed by atoms with Gasteiger partial charge in [0.2, 0.25) is 10.0 Å². The van der Waals surface area contributed by atoms with E-state index in [-0.39, 0.29) is 22.7 Å². The van der Waals surface area contributed by atoms with Crippen LogP contribution in [0.4, 0.5) is 10.1 Å². The third kappa shape index (κ3) is 5.71. The topological polar surface area (TPSA) is 86.1 Å². The van der Waals surface area contributed by atoms with Gasteiger partial charge in [-0.1, -0.05) is 0 Å². The number of hydrogen-bond donors (Lipinski definition) is 1. The number of nitrogens with zero attached hydrogens (tertiary/aromatic N) is 3. The molecule has 2 saturated heterocycles. The van der Waals surface area contributed by atoms with Crippen LogP contribution in [0.2, 0.25) is 0 Å². The zero-order chi connectivity index (χ0) is 25.8. The summed E-state index contributed by atoms with van der Waals surface area (Å²) in [7, 11) is -3.52. The highest BCUT2D eigenvalue weighted by Gasteiger charge is 2.29. The van der Waals surface area contributed by atoms with Crippen molar-refractivity contribution in [2.24, 2.45) is 0 Å². The molecule has 0 aliphatic carbocycles. The highest BCUT2D eigenvalue weighted by atomic mass is 32.2. The van der Waals surface area contributed by atoms with Crippen molar-refractivity contribution >= 4 is 21.6 Å². The lowest BCUT2D eigenvalue weighted by Gasteiger charge is -2.39. The van der Waals surface area contributed by atoms with E-state index in [0.717, 1.165) is 50.5 Å². The number of anilines is 1. The molecular formula is C27H31FN4O4S. The highest BCUT2D eigenvalue weighted by molar-refractivity contribution is 7.89. The average molecular weight is 527 g/mol. The summed E-state index contributed by atoms with van der Waals surface area (Å²) in [5.41, 5.74) is 1.39. The molecule has 1 atom stereocenters. The van der Waals surface area contributed by atoms with E-state index in [1.165, 1.54) is 28.6 Å². The lowest BCUT2D eigenvalue weighted by Crippen LogP contribution is -2.49. The van der Waals surface area contributed by atoms with Gasteiger partial charge in [0.05, 0.1) is 17.2 Å². The third-order valence-electron chi connectivity index (χ3n) is 7.09. The van der Waals surface area contributed by atoms with Crippen molar-refractivity contribution in [2.45, 2.75) is 23.8 Å². The molecule has 5 rings (SSSR count). The molecule has 1 aromatic heterocycles. The van der Waals surface area contributed by atoms with Gasteiger partial charge in [-0.15, -0.1) is 0 Å². The molecule has 2 aliphatic rings. The van der Waals surface area contributed by atoms with Gasteiger partial charge in [0.15, 0.2) is 0 Å². The number of rotatable bonds is 8. The summed E-state index contributed by atoms with van der Waals surface area (Å²) in [6.07, 6.45) is 3.37. The molecule has 2 aliphatic heterocycles. The van der Waals surface area contributed by atoms with Gasteiger partial charge in [-0.3, -0.25) is 9.69 Å². The third-order valence-corrected chi connectivity index (χ3v) is 9.01. The Kier molecular flexibility index (Phi) is 7.59. The van der Waals surface area contributed by atoms with Crippen molar-refractivity contribution < 1.29 is 22.0 Å². The Balaban J connectivity index is 1.21. The van der Waals surface area contributed by atoms with E-state index in [9.17, 15) is 17.6 Å². The quantitative estimate of drug-likeness (QED) is 0.484. The first-order valence-electron chi connectivity index (χ1n) is 12.6. The molecule has 1 N–H and O–H groups in total. The van der Waals surface area contributed by atoms with Crippen LogP contribution in [-0.2, 0) is 10.0 Å². The van der Waals surface area contributed by atoms with Gasteiger partial charge < -0.3 is 14.6 Å². The SMILES string of the molecule is O=C(NCC(c1ccco1)N1CCN(c2ccc(F)cc2)CC1)c1ccc(S(=O)(=O)N2CCCC2)cc1. The maximum atomic E-state index is 13.3. The standard InChI is InChI=1S/C27H31FN4O4S/c28-22-7-9-23(10-8-22)30-15-17-31(18-16-30)25(26-4-3-19-36-26)20-29-27(33)21-5-11-24(12-6-21)37(34,35)32-13-1-2-14-32/h3-12,19,25H,1-2,13-18,20H2,(H,29,33). The lowest BCUT2D eigenvalue weighted by molar-refractivity contribution is 0.0922. The minimum Gasteiger partial charge on any atom is -0.468 e. The molecule has 196 valence electrons. The first-order valence-corrected chi connectivity index (χ1v) is 14.0. The van der Waals surface area contributed by atoms with Gasteiger partial charge in [-0.25, -0.2) is 12.8 Å². The smallest absolute Gasteiger partial charge is 0.251 e. The zero-order valence-corrected chi connectivity index (χ0v) is 21.4. The molecule has 0 saturated carbocycles. The Morgan fingerprint density at radius 3 is 2.22 bits per heavy atom. The molecule has 2 fully saturated rings. The number of furan rings is 1. The van der Waals surface area contributed by atoms with Gasteiger partial charge in [-0.2, -0.15) is 4.31 Å². The fourth-order valence-corrected chi connectivity index (χ4v) is 6.50. The van der Waals surface area contributed by atoms with E-state index in [1.807, 2.05) is 12.1 Å². The van der Waals surface area contributed by atoms with Gasteiger partial charge in [0, 0.05) is 57.1 Å². The molecule has 1 unspecified atom stereocenters. The number of halogens is 1. The number of sulfonamides is 1. The molecular weight excluding hydrogens is 495 g/mol. The number of hydrogen-bond acceptors (Lipinski definition) is 6. The lowest BCUT2D eigenvalue weighted by atomic mass is 10.1. The van der Waals surface area contributed by atoms with E-state index in [2.05, 4.69) is 15.1 Å². The summed E-state index contributed by atoms with van der Waals surface area (Å²) in [4.78, 5) is 17.6. The summed E-state index contributed by atoms with van der Waals surface area (Å²) in [5, 5.41) is 2.99. The summed E-state index contributed by atoms with van der Waals surface area (Å²) in [6.45, 7) is 4.46. The fourth-order valence-electron chi connectivity index (χ4n) is 4.98. The number of carbonyl (C=O) groups is 1. The Morgan fingerprint density at radius 1 is 0.919 bits per heavy atom. The first kappa shape index (κ1) is 25.4. The molecule has 37 heavy (non-hydrogen) atoms. The van der Waals surface area contributed by atoms with Crippen molar-refractivity contribution in [1.82, 2.24) is 14.5 Å². The van der Waals surface area contributed by atoms with E-state index < -0.39 is 10.0 Å². The molecule has 3 heterocycles. The molecule has 0 spiro atoms. The van der Waals surface area contributed by atoms with E-state index >= 15 is 0 Å². The molecule has 0 bridgehead atoms. The average Bonchev–Trinajstić information content (AvgIpc) is 3.65. The van der Waals surface area contributed by atoms with E-state index in [0.29, 0.717) is 25.2 Å². The Labute approximate surface area is 216 Å². The van der Waals surface area contributed by atoms with Crippen molar-refractivity contribution in [2.75, 3.05) is 50.7 Å². The van der Waals surface area contributed by atoms with Crippen LogP contribution in [0.15, 0.2) is 76.2 Å².